The second-order valence-electron chi connectivity index (χ2n) is 8.68. The molecule has 2 aromatic rings. The van der Waals surface area contributed by atoms with Gasteiger partial charge in [0.15, 0.2) is 0 Å². The van der Waals surface area contributed by atoms with E-state index in [1.54, 1.807) is 0 Å². The first-order chi connectivity index (χ1) is 16.5. The number of carboxylic acid groups (broad SMARTS) is 1. The maximum absolute atomic E-state index is 13.1. The van der Waals surface area contributed by atoms with Crippen LogP contribution in [-0.2, 0) is 19.1 Å². The molecule has 2 aromatic carbocycles. The molecule has 0 saturated carbocycles. The SMILES string of the molecule is O=C(NC1COCC1C(=O)N1CCSCC1C(=O)O)OCC1c2ccccc2-c2ccccc21. The summed E-state index contributed by atoms with van der Waals surface area (Å²) in [7, 11) is 0. The van der Waals surface area contributed by atoms with Crippen LogP contribution in [0.25, 0.3) is 11.1 Å². The number of fused-ring (bicyclic) bond motifs is 3. The van der Waals surface area contributed by atoms with Gasteiger partial charge in [-0.05, 0) is 22.3 Å². The Morgan fingerprint density at radius 1 is 1.06 bits per heavy atom. The third-order valence-electron chi connectivity index (χ3n) is 6.74. The molecule has 2 amide bonds. The molecule has 9 heteroatoms. The average molecular weight is 483 g/mol. The molecule has 5 rings (SSSR count). The van der Waals surface area contributed by atoms with Gasteiger partial charge >= 0.3 is 12.1 Å². The van der Waals surface area contributed by atoms with E-state index >= 15 is 0 Å². The second-order valence-corrected chi connectivity index (χ2v) is 9.83. The van der Waals surface area contributed by atoms with Crippen molar-refractivity contribution in [2.75, 3.05) is 37.9 Å². The fourth-order valence-electron chi connectivity index (χ4n) is 5.02. The van der Waals surface area contributed by atoms with Crippen LogP contribution < -0.4 is 5.32 Å². The van der Waals surface area contributed by atoms with Gasteiger partial charge in [-0.15, -0.1) is 0 Å². The number of aliphatic carboxylic acids is 1. The Hall–Kier alpha value is -3.04. The summed E-state index contributed by atoms with van der Waals surface area (Å²) in [5.41, 5.74) is 4.54. The highest BCUT2D eigenvalue weighted by molar-refractivity contribution is 7.99. The molecule has 34 heavy (non-hydrogen) atoms. The fourth-order valence-corrected chi connectivity index (χ4v) is 6.05. The Bertz CT molecular complexity index is 1060. The molecule has 3 atom stereocenters. The fraction of sp³-hybridized carbons (Fsp3) is 0.400. The van der Waals surface area contributed by atoms with Crippen LogP contribution in [0.2, 0.25) is 0 Å². The number of benzene rings is 2. The molecule has 8 nitrogen and oxygen atoms in total. The number of amides is 2. The Labute approximate surface area is 201 Å². The highest BCUT2D eigenvalue weighted by Crippen LogP contribution is 2.44. The van der Waals surface area contributed by atoms with Gasteiger partial charge in [0.2, 0.25) is 5.91 Å². The molecule has 0 bridgehead atoms. The highest BCUT2D eigenvalue weighted by atomic mass is 32.2. The van der Waals surface area contributed by atoms with Gasteiger partial charge in [-0.25, -0.2) is 9.59 Å². The van der Waals surface area contributed by atoms with Gasteiger partial charge in [-0.1, -0.05) is 48.5 Å². The number of rotatable bonds is 5. The van der Waals surface area contributed by atoms with Gasteiger partial charge in [-0.3, -0.25) is 4.79 Å². The predicted octanol–water partition coefficient (Wildman–Crippen LogP) is 2.57. The number of ether oxygens (including phenoxy) is 2. The Morgan fingerprint density at radius 2 is 1.74 bits per heavy atom. The number of carboxylic acids is 1. The minimum absolute atomic E-state index is 0.0578. The van der Waals surface area contributed by atoms with E-state index in [0.717, 1.165) is 22.3 Å². The van der Waals surface area contributed by atoms with Crippen molar-refractivity contribution in [3.05, 3.63) is 59.7 Å². The summed E-state index contributed by atoms with van der Waals surface area (Å²) in [6.07, 6.45) is -0.612. The molecule has 0 aromatic heterocycles. The number of alkyl carbamates (subject to hydrolysis) is 1. The molecular weight excluding hydrogens is 456 g/mol. The van der Waals surface area contributed by atoms with Gasteiger partial charge in [0.05, 0.1) is 25.2 Å². The normalized spacial score (nSPS) is 23.8. The lowest BCUT2D eigenvalue weighted by atomic mass is 9.98. The van der Waals surface area contributed by atoms with E-state index in [4.69, 9.17) is 9.47 Å². The van der Waals surface area contributed by atoms with Crippen molar-refractivity contribution in [1.82, 2.24) is 10.2 Å². The summed E-state index contributed by atoms with van der Waals surface area (Å²) in [5, 5.41) is 12.3. The summed E-state index contributed by atoms with van der Waals surface area (Å²) in [4.78, 5) is 38.8. The molecule has 2 fully saturated rings. The first kappa shape index (κ1) is 22.7. The van der Waals surface area contributed by atoms with Crippen molar-refractivity contribution < 1.29 is 29.0 Å². The lowest BCUT2D eigenvalue weighted by molar-refractivity contribution is -0.151. The average Bonchev–Trinajstić information content (AvgIpc) is 3.44. The Morgan fingerprint density at radius 3 is 2.41 bits per heavy atom. The van der Waals surface area contributed by atoms with E-state index in [1.807, 2.05) is 24.3 Å². The van der Waals surface area contributed by atoms with Crippen molar-refractivity contribution in [3.63, 3.8) is 0 Å². The van der Waals surface area contributed by atoms with E-state index in [-0.39, 0.29) is 31.6 Å². The zero-order valence-corrected chi connectivity index (χ0v) is 19.3. The van der Waals surface area contributed by atoms with Crippen molar-refractivity contribution in [2.24, 2.45) is 5.92 Å². The number of thioether (sulfide) groups is 1. The molecule has 0 radical (unpaired) electrons. The number of nitrogens with one attached hydrogen (secondary N) is 1. The Kier molecular flexibility index (Phi) is 6.47. The van der Waals surface area contributed by atoms with Crippen LogP contribution in [0, 0.1) is 5.92 Å². The molecule has 0 spiro atoms. The van der Waals surface area contributed by atoms with E-state index in [0.29, 0.717) is 18.1 Å². The van der Waals surface area contributed by atoms with Gasteiger partial charge in [0.1, 0.15) is 12.6 Å². The first-order valence-electron chi connectivity index (χ1n) is 11.3. The maximum atomic E-state index is 13.1. The van der Waals surface area contributed by atoms with Crippen molar-refractivity contribution >= 4 is 29.7 Å². The monoisotopic (exact) mass is 482 g/mol. The van der Waals surface area contributed by atoms with Crippen molar-refractivity contribution in [3.8, 4) is 11.1 Å². The van der Waals surface area contributed by atoms with Crippen LogP contribution in [-0.4, -0.2) is 77.9 Å². The minimum Gasteiger partial charge on any atom is -0.480 e. The molecular formula is C25H26N2O6S. The van der Waals surface area contributed by atoms with Crippen molar-refractivity contribution in [1.29, 1.82) is 0 Å². The summed E-state index contributed by atoms with van der Waals surface area (Å²) >= 11 is 1.52. The number of nitrogens with zero attached hydrogens (tertiary/aromatic N) is 1. The number of hydrogen-bond donors (Lipinski definition) is 2. The third-order valence-corrected chi connectivity index (χ3v) is 7.76. The Balaban J connectivity index is 1.23. The maximum Gasteiger partial charge on any atom is 0.407 e. The zero-order chi connectivity index (χ0) is 23.7. The van der Waals surface area contributed by atoms with Crippen LogP contribution in [0.3, 0.4) is 0 Å². The van der Waals surface area contributed by atoms with E-state index in [1.165, 1.54) is 16.7 Å². The summed E-state index contributed by atoms with van der Waals surface area (Å²) < 4.78 is 11.1. The number of carbonyl (C=O) groups is 3. The highest BCUT2D eigenvalue weighted by Gasteiger charge is 2.42. The summed E-state index contributed by atoms with van der Waals surface area (Å²) in [5.74, 6) is -0.954. The predicted molar refractivity (Wildman–Crippen MR) is 127 cm³/mol. The van der Waals surface area contributed by atoms with E-state index in [9.17, 15) is 19.5 Å². The largest absolute Gasteiger partial charge is 0.480 e. The van der Waals surface area contributed by atoms with Crippen LogP contribution >= 0.6 is 11.8 Å². The summed E-state index contributed by atoms with van der Waals surface area (Å²) in [6.45, 7) is 0.870. The molecule has 2 N–H and O–H groups in total. The third kappa shape index (κ3) is 4.25. The molecule has 178 valence electrons. The molecule has 2 saturated heterocycles. The molecule has 2 heterocycles. The molecule has 1 aliphatic carbocycles. The topological polar surface area (TPSA) is 105 Å². The van der Waals surface area contributed by atoms with Gasteiger partial charge in [0, 0.05) is 24.0 Å². The quantitative estimate of drug-likeness (QED) is 0.675. The van der Waals surface area contributed by atoms with Crippen LogP contribution in [0.5, 0.6) is 0 Å². The van der Waals surface area contributed by atoms with Crippen LogP contribution in [0.1, 0.15) is 17.0 Å². The zero-order valence-electron chi connectivity index (χ0n) is 18.5. The minimum atomic E-state index is -1.01. The smallest absolute Gasteiger partial charge is 0.407 e. The van der Waals surface area contributed by atoms with Gasteiger partial charge < -0.3 is 24.8 Å². The van der Waals surface area contributed by atoms with Crippen LogP contribution in [0.4, 0.5) is 4.79 Å². The number of hydrogen-bond acceptors (Lipinski definition) is 6. The van der Waals surface area contributed by atoms with Crippen molar-refractivity contribution in [2.45, 2.75) is 18.0 Å². The molecule has 3 unspecified atom stereocenters. The van der Waals surface area contributed by atoms with E-state index < -0.39 is 30.1 Å². The van der Waals surface area contributed by atoms with E-state index in [2.05, 4.69) is 29.6 Å². The van der Waals surface area contributed by atoms with Gasteiger partial charge in [-0.2, -0.15) is 11.8 Å². The summed E-state index contributed by atoms with van der Waals surface area (Å²) in [6, 6.07) is 14.8. The molecule has 3 aliphatic rings. The van der Waals surface area contributed by atoms with Gasteiger partial charge in [0.25, 0.3) is 0 Å². The second kappa shape index (κ2) is 9.68. The lowest BCUT2D eigenvalue weighted by Crippen LogP contribution is -2.55. The lowest BCUT2D eigenvalue weighted by Gasteiger charge is -2.35. The first-order valence-corrected chi connectivity index (χ1v) is 12.5. The number of carbonyl (C=O) groups excluding carboxylic acids is 2. The van der Waals surface area contributed by atoms with Crippen LogP contribution in [0.15, 0.2) is 48.5 Å². The molecule has 2 aliphatic heterocycles. The standard InChI is InChI=1S/C25H26N2O6S/c28-23(27-9-10-34-14-22(27)24(29)30)20-11-32-13-21(20)26-25(31)33-12-19-17-7-3-1-5-15(17)16-6-2-4-8-18(16)19/h1-8,19-22H,9-14H2,(H,26,31)(H,29,30).